The van der Waals surface area contributed by atoms with Gasteiger partial charge < -0.3 is 15.0 Å². The van der Waals surface area contributed by atoms with E-state index in [4.69, 9.17) is 4.74 Å². The van der Waals surface area contributed by atoms with Gasteiger partial charge >= 0.3 is 0 Å². The van der Waals surface area contributed by atoms with Crippen LogP contribution in [0.3, 0.4) is 0 Å². The first-order valence-electron chi connectivity index (χ1n) is 11.6. The van der Waals surface area contributed by atoms with Crippen LogP contribution < -0.4 is 10.1 Å². The van der Waals surface area contributed by atoms with Gasteiger partial charge in [0.25, 0.3) is 0 Å². The van der Waals surface area contributed by atoms with Crippen LogP contribution in [0.15, 0.2) is 47.4 Å². The summed E-state index contributed by atoms with van der Waals surface area (Å²) in [5, 5.41) is 2.80. The number of carbonyl (C=O) groups is 2. The molecule has 2 amide bonds. The third kappa shape index (κ3) is 5.77. The van der Waals surface area contributed by atoms with E-state index in [0.717, 1.165) is 11.1 Å². The lowest BCUT2D eigenvalue weighted by atomic mass is 10.1. The second kappa shape index (κ2) is 11.0. The number of nitrogens with zero attached hydrogens (tertiary/aromatic N) is 2. The number of aryl methyl sites for hydroxylation is 1. The summed E-state index contributed by atoms with van der Waals surface area (Å²) in [6.45, 7) is 9.06. The van der Waals surface area contributed by atoms with Gasteiger partial charge in [0.1, 0.15) is 10.6 Å². The maximum atomic E-state index is 13.1. The Labute approximate surface area is 201 Å². The van der Waals surface area contributed by atoms with E-state index >= 15 is 0 Å². The number of carbonyl (C=O) groups excluding carboxylic acids is 2. The average molecular weight is 488 g/mol. The third-order valence-electron chi connectivity index (χ3n) is 5.91. The number of sulfonamides is 1. The Hall–Kier alpha value is -2.91. The summed E-state index contributed by atoms with van der Waals surface area (Å²) in [5.74, 6) is -0.646. The van der Waals surface area contributed by atoms with E-state index in [9.17, 15) is 18.0 Å². The molecule has 1 unspecified atom stereocenters. The number of amides is 2. The molecule has 0 bridgehead atoms. The monoisotopic (exact) mass is 487 g/mol. The summed E-state index contributed by atoms with van der Waals surface area (Å²) >= 11 is 0. The molecule has 0 radical (unpaired) electrons. The Kier molecular flexibility index (Phi) is 8.33. The smallest absolute Gasteiger partial charge is 0.246 e. The highest BCUT2D eigenvalue weighted by Gasteiger charge is 2.34. The number of anilines is 1. The molecule has 184 valence electrons. The first-order chi connectivity index (χ1) is 16.2. The molecule has 0 saturated carbocycles. The fourth-order valence-electron chi connectivity index (χ4n) is 4.02. The van der Waals surface area contributed by atoms with Gasteiger partial charge in [-0.05, 0) is 37.6 Å². The van der Waals surface area contributed by atoms with Crippen molar-refractivity contribution >= 4 is 27.5 Å². The van der Waals surface area contributed by atoms with Gasteiger partial charge in [0.2, 0.25) is 21.8 Å². The first-order valence-corrected chi connectivity index (χ1v) is 13.0. The van der Waals surface area contributed by atoms with Crippen molar-refractivity contribution in [2.45, 2.75) is 45.6 Å². The Morgan fingerprint density at radius 1 is 1.12 bits per heavy atom. The summed E-state index contributed by atoms with van der Waals surface area (Å²) in [5.41, 5.74) is 2.51. The Bertz CT molecular complexity index is 1130. The number of hydrogen-bond donors (Lipinski definition) is 1. The van der Waals surface area contributed by atoms with E-state index in [2.05, 4.69) is 5.32 Å². The van der Waals surface area contributed by atoms with Crippen molar-refractivity contribution in [3.05, 3.63) is 53.6 Å². The number of nitrogens with one attached hydrogen (secondary N) is 1. The van der Waals surface area contributed by atoms with E-state index in [1.807, 2.05) is 31.2 Å². The number of hydrogen-bond acceptors (Lipinski definition) is 5. The molecule has 1 N–H and O–H groups in total. The summed E-state index contributed by atoms with van der Waals surface area (Å²) in [6.07, 6.45) is 0.124. The minimum Gasteiger partial charge on any atom is -0.492 e. The summed E-state index contributed by atoms with van der Waals surface area (Å²) < 4.78 is 33.2. The van der Waals surface area contributed by atoms with E-state index in [0.29, 0.717) is 38.5 Å². The van der Waals surface area contributed by atoms with Crippen LogP contribution in [0.4, 0.5) is 5.69 Å². The van der Waals surface area contributed by atoms with Crippen LogP contribution in [0.5, 0.6) is 5.75 Å². The minimum atomic E-state index is -3.79. The van der Waals surface area contributed by atoms with Crippen LogP contribution in [0, 0.1) is 12.8 Å². The molecular formula is C25H33N3O5S. The van der Waals surface area contributed by atoms with Crippen molar-refractivity contribution < 1.29 is 22.7 Å². The van der Waals surface area contributed by atoms with Crippen LogP contribution >= 0.6 is 0 Å². The largest absolute Gasteiger partial charge is 0.492 e. The Balaban J connectivity index is 1.75. The molecule has 0 spiro atoms. The normalized spacial score (nSPS) is 16.2. The van der Waals surface area contributed by atoms with Gasteiger partial charge in [0.05, 0.1) is 12.5 Å². The van der Waals surface area contributed by atoms with E-state index < -0.39 is 15.9 Å². The van der Waals surface area contributed by atoms with Gasteiger partial charge in [0, 0.05) is 38.3 Å². The quantitative estimate of drug-likeness (QED) is 0.554. The Morgan fingerprint density at radius 3 is 2.41 bits per heavy atom. The van der Waals surface area contributed by atoms with Crippen molar-refractivity contribution in [2.24, 2.45) is 5.92 Å². The van der Waals surface area contributed by atoms with Gasteiger partial charge in [-0.15, -0.1) is 0 Å². The van der Waals surface area contributed by atoms with Crippen molar-refractivity contribution in [3.8, 4) is 5.75 Å². The van der Waals surface area contributed by atoms with Crippen molar-refractivity contribution in [1.82, 2.24) is 9.21 Å². The molecule has 1 saturated heterocycles. The second-order valence-electron chi connectivity index (χ2n) is 8.33. The number of ether oxygens (including phenoxy) is 1. The van der Waals surface area contributed by atoms with Crippen LogP contribution in [0.1, 0.15) is 38.3 Å². The molecule has 9 heteroatoms. The summed E-state index contributed by atoms with van der Waals surface area (Å²) in [7, 11) is -3.79. The highest BCUT2D eigenvalue weighted by molar-refractivity contribution is 7.89. The van der Waals surface area contributed by atoms with Gasteiger partial charge in [-0.25, -0.2) is 8.42 Å². The zero-order valence-corrected chi connectivity index (χ0v) is 21.0. The lowest BCUT2D eigenvalue weighted by Gasteiger charge is -2.21. The zero-order chi connectivity index (χ0) is 24.9. The fraction of sp³-hybridized carbons (Fsp3) is 0.440. The van der Waals surface area contributed by atoms with Crippen LogP contribution in [0.25, 0.3) is 0 Å². The standard InChI is InChI=1S/C25H33N3O5S/c1-5-28(6-2)34(31,32)23-15-21(12-13-22(23)33-7-3)26-25(30)20-14-24(29)27(17-20)16-19-10-8-18(4)9-11-19/h8-13,15,20H,5-7,14,16-17H2,1-4H3,(H,26,30). The number of likely N-dealkylation sites (tertiary alicyclic amines) is 1. The molecule has 0 aliphatic carbocycles. The molecule has 34 heavy (non-hydrogen) atoms. The maximum absolute atomic E-state index is 13.1. The molecule has 1 aliphatic heterocycles. The molecule has 0 aromatic heterocycles. The predicted octanol–water partition coefficient (Wildman–Crippen LogP) is 3.41. The lowest BCUT2D eigenvalue weighted by Crippen LogP contribution is -2.31. The molecule has 2 aromatic rings. The van der Waals surface area contributed by atoms with Crippen LogP contribution in [-0.2, 0) is 26.2 Å². The van der Waals surface area contributed by atoms with Crippen molar-refractivity contribution in [2.75, 3.05) is 31.6 Å². The number of benzene rings is 2. The molecule has 1 fully saturated rings. The second-order valence-corrected chi connectivity index (χ2v) is 10.2. The van der Waals surface area contributed by atoms with Crippen LogP contribution in [0.2, 0.25) is 0 Å². The highest BCUT2D eigenvalue weighted by Crippen LogP contribution is 2.31. The van der Waals surface area contributed by atoms with Gasteiger partial charge in [0.15, 0.2) is 0 Å². The first kappa shape index (κ1) is 25.7. The molecule has 2 aromatic carbocycles. The van der Waals surface area contributed by atoms with Gasteiger partial charge in [-0.2, -0.15) is 4.31 Å². The van der Waals surface area contributed by atoms with E-state index in [1.54, 1.807) is 37.8 Å². The van der Waals surface area contributed by atoms with Crippen LogP contribution in [-0.4, -0.2) is 55.7 Å². The maximum Gasteiger partial charge on any atom is 0.246 e. The molecule has 1 atom stereocenters. The number of rotatable bonds is 10. The minimum absolute atomic E-state index is 0.0133. The summed E-state index contributed by atoms with van der Waals surface area (Å²) in [6, 6.07) is 12.6. The summed E-state index contributed by atoms with van der Waals surface area (Å²) in [4.78, 5) is 27.1. The average Bonchev–Trinajstić information content (AvgIpc) is 3.17. The Morgan fingerprint density at radius 2 is 1.79 bits per heavy atom. The van der Waals surface area contributed by atoms with Crippen molar-refractivity contribution in [3.63, 3.8) is 0 Å². The molecule has 3 rings (SSSR count). The fourth-order valence-corrected chi connectivity index (χ4v) is 5.64. The van der Waals surface area contributed by atoms with Gasteiger partial charge in [-0.3, -0.25) is 9.59 Å². The van der Waals surface area contributed by atoms with E-state index in [1.165, 1.54) is 10.4 Å². The topological polar surface area (TPSA) is 96.0 Å². The zero-order valence-electron chi connectivity index (χ0n) is 20.2. The SMILES string of the molecule is CCOc1ccc(NC(=O)C2CC(=O)N(Cc3ccc(C)cc3)C2)cc1S(=O)(=O)N(CC)CC. The molecule has 8 nitrogen and oxygen atoms in total. The highest BCUT2D eigenvalue weighted by atomic mass is 32.2. The predicted molar refractivity (Wildman–Crippen MR) is 131 cm³/mol. The molecule has 1 aliphatic rings. The lowest BCUT2D eigenvalue weighted by molar-refractivity contribution is -0.128. The molecule has 1 heterocycles. The third-order valence-corrected chi connectivity index (χ3v) is 7.98. The van der Waals surface area contributed by atoms with Crippen molar-refractivity contribution in [1.29, 1.82) is 0 Å². The van der Waals surface area contributed by atoms with Gasteiger partial charge in [-0.1, -0.05) is 43.7 Å². The molecular weight excluding hydrogens is 454 g/mol. The van der Waals surface area contributed by atoms with E-state index in [-0.39, 0.29) is 28.9 Å².